The number of piperazine rings is 1. The van der Waals surface area contributed by atoms with Gasteiger partial charge in [0.1, 0.15) is 44.4 Å². The van der Waals surface area contributed by atoms with E-state index in [1.165, 1.54) is 16.5 Å². The minimum atomic E-state index is -0.784. The number of urea groups is 1. The number of carbonyl (C=O) groups excluding carboxylic acids is 1. The van der Waals surface area contributed by atoms with Crippen molar-refractivity contribution >= 4 is 11.7 Å². The number of benzene rings is 2. The molecule has 27 heavy (non-hydrogen) atoms. The first-order valence-electron chi connectivity index (χ1n) is 9.31. The van der Waals surface area contributed by atoms with Crippen LogP contribution in [0.25, 0.3) is 0 Å². The maximum absolute atomic E-state index is 13.5. The number of nitrogens with one attached hydrogen (secondary N) is 4. The highest BCUT2D eigenvalue weighted by atomic mass is 19.1. The number of amides is 2. The van der Waals surface area contributed by atoms with E-state index >= 15 is 0 Å². The molecule has 7 heteroatoms. The van der Waals surface area contributed by atoms with Gasteiger partial charge in [-0.05, 0) is 12.1 Å². The van der Waals surface area contributed by atoms with Crippen molar-refractivity contribution in [2.75, 3.05) is 44.6 Å². The van der Waals surface area contributed by atoms with Gasteiger partial charge >= 0.3 is 6.03 Å². The van der Waals surface area contributed by atoms with Crippen LogP contribution in [0.5, 0.6) is 0 Å². The largest absolute Gasteiger partial charge is 0.332 e. The molecule has 0 aliphatic carbocycles. The molecule has 3 rings (SSSR count). The first-order chi connectivity index (χ1) is 13.1. The lowest BCUT2D eigenvalue weighted by molar-refractivity contribution is -1.02. The van der Waals surface area contributed by atoms with Crippen molar-refractivity contribution < 1.29 is 23.4 Å². The van der Waals surface area contributed by atoms with Gasteiger partial charge in [-0.25, -0.2) is 13.6 Å². The number of hydrogen-bond donors (Lipinski definition) is 4. The number of halogens is 2. The first-order valence-corrected chi connectivity index (χ1v) is 9.31. The number of hydrogen-bond acceptors (Lipinski definition) is 1. The molecule has 2 aromatic rings. The summed E-state index contributed by atoms with van der Waals surface area (Å²) in [7, 11) is 0. The number of quaternary nitrogens is 2. The van der Waals surface area contributed by atoms with E-state index in [-0.39, 0.29) is 5.69 Å². The van der Waals surface area contributed by atoms with Crippen LogP contribution in [0.1, 0.15) is 5.56 Å². The van der Waals surface area contributed by atoms with Gasteiger partial charge in [-0.2, -0.15) is 0 Å². The lowest BCUT2D eigenvalue weighted by atomic mass is 10.2. The normalized spacial score (nSPS) is 19.5. The van der Waals surface area contributed by atoms with Crippen LogP contribution in [-0.2, 0) is 6.54 Å². The molecule has 0 radical (unpaired) electrons. The van der Waals surface area contributed by atoms with E-state index in [1.807, 2.05) is 6.07 Å². The zero-order chi connectivity index (χ0) is 19.1. The van der Waals surface area contributed by atoms with Gasteiger partial charge in [-0.1, -0.05) is 30.3 Å². The third kappa shape index (κ3) is 6.01. The van der Waals surface area contributed by atoms with Gasteiger partial charge in [0.15, 0.2) is 0 Å². The van der Waals surface area contributed by atoms with Gasteiger partial charge in [-0.15, -0.1) is 0 Å². The van der Waals surface area contributed by atoms with Crippen molar-refractivity contribution in [1.29, 1.82) is 0 Å². The molecule has 0 spiro atoms. The predicted octanol–water partition coefficient (Wildman–Crippen LogP) is 0.0699. The fourth-order valence-electron chi connectivity index (χ4n) is 3.38. The Morgan fingerprint density at radius 1 is 0.963 bits per heavy atom. The van der Waals surface area contributed by atoms with Gasteiger partial charge in [-0.3, -0.25) is 0 Å². The second kappa shape index (κ2) is 9.43. The van der Waals surface area contributed by atoms with Crippen LogP contribution < -0.4 is 20.4 Å². The summed E-state index contributed by atoms with van der Waals surface area (Å²) in [5.41, 5.74) is 1.33. The van der Waals surface area contributed by atoms with Crippen LogP contribution in [0.3, 0.4) is 0 Å². The molecule has 0 unspecified atom stereocenters. The van der Waals surface area contributed by atoms with Crippen LogP contribution >= 0.6 is 0 Å². The zero-order valence-corrected chi connectivity index (χ0v) is 15.2. The highest BCUT2D eigenvalue weighted by molar-refractivity contribution is 5.89. The Morgan fingerprint density at radius 3 is 2.37 bits per heavy atom. The molecular formula is C20H26F2N4O+2. The van der Waals surface area contributed by atoms with Crippen LogP contribution in [-0.4, -0.2) is 45.3 Å². The summed E-state index contributed by atoms with van der Waals surface area (Å²) in [4.78, 5) is 14.9. The van der Waals surface area contributed by atoms with Crippen LogP contribution in [0.4, 0.5) is 19.3 Å². The summed E-state index contributed by atoms with van der Waals surface area (Å²) in [6.07, 6.45) is 0. The summed E-state index contributed by atoms with van der Waals surface area (Å²) in [5, 5.41) is 5.14. The molecule has 1 fully saturated rings. The van der Waals surface area contributed by atoms with E-state index in [0.29, 0.717) is 6.54 Å². The zero-order valence-electron chi connectivity index (χ0n) is 15.2. The average Bonchev–Trinajstić information content (AvgIpc) is 2.66. The van der Waals surface area contributed by atoms with E-state index in [2.05, 4.69) is 34.9 Å². The van der Waals surface area contributed by atoms with Crippen LogP contribution in [0, 0.1) is 11.6 Å². The van der Waals surface area contributed by atoms with E-state index in [9.17, 15) is 13.6 Å². The molecule has 4 N–H and O–H groups in total. The SMILES string of the molecule is O=C(NCC[NH+]1CC[NH+](Cc2ccccc2)CC1)Nc1ccc(F)cc1F. The van der Waals surface area contributed by atoms with E-state index in [0.717, 1.165) is 51.4 Å². The number of rotatable bonds is 6. The van der Waals surface area contributed by atoms with Crippen molar-refractivity contribution in [1.82, 2.24) is 5.32 Å². The molecule has 5 nitrogen and oxygen atoms in total. The molecule has 0 atom stereocenters. The molecule has 144 valence electrons. The van der Waals surface area contributed by atoms with Crippen molar-refractivity contribution in [3.63, 3.8) is 0 Å². The van der Waals surface area contributed by atoms with Crippen LogP contribution in [0.15, 0.2) is 48.5 Å². The second-order valence-corrected chi connectivity index (χ2v) is 6.92. The summed E-state index contributed by atoms with van der Waals surface area (Å²) in [6.45, 7) is 6.75. The predicted molar refractivity (Wildman–Crippen MR) is 99.8 cm³/mol. The number of anilines is 1. The second-order valence-electron chi connectivity index (χ2n) is 6.92. The van der Waals surface area contributed by atoms with Gasteiger partial charge < -0.3 is 20.4 Å². The highest BCUT2D eigenvalue weighted by Crippen LogP contribution is 2.14. The third-order valence-corrected chi connectivity index (χ3v) is 4.90. The van der Waals surface area contributed by atoms with Crippen LogP contribution in [0.2, 0.25) is 0 Å². The fourth-order valence-corrected chi connectivity index (χ4v) is 3.38. The Morgan fingerprint density at radius 2 is 1.67 bits per heavy atom. The van der Waals surface area contributed by atoms with E-state index in [1.54, 1.807) is 4.90 Å². The highest BCUT2D eigenvalue weighted by Gasteiger charge is 2.22. The van der Waals surface area contributed by atoms with Crippen molar-refractivity contribution in [3.8, 4) is 0 Å². The minimum Gasteiger partial charge on any atom is -0.332 e. The Hall–Kier alpha value is -2.51. The van der Waals surface area contributed by atoms with E-state index in [4.69, 9.17) is 0 Å². The topological polar surface area (TPSA) is 50.0 Å². The van der Waals surface area contributed by atoms with Crippen molar-refractivity contribution in [2.24, 2.45) is 0 Å². The average molecular weight is 376 g/mol. The molecule has 2 amide bonds. The summed E-state index contributed by atoms with van der Waals surface area (Å²) < 4.78 is 26.4. The van der Waals surface area contributed by atoms with Gasteiger partial charge in [0.05, 0.1) is 18.8 Å². The third-order valence-electron chi connectivity index (χ3n) is 4.90. The lowest BCUT2D eigenvalue weighted by Gasteiger charge is -2.29. The number of carbonyl (C=O) groups is 1. The summed E-state index contributed by atoms with van der Waals surface area (Å²) in [5.74, 6) is -1.45. The fraction of sp³-hybridized carbons (Fsp3) is 0.350. The summed E-state index contributed by atoms with van der Waals surface area (Å²) >= 11 is 0. The van der Waals surface area contributed by atoms with Gasteiger partial charge in [0.25, 0.3) is 0 Å². The molecule has 1 heterocycles. The molecule has 1 saturated heterocycles. The standard InChI is InChI=1S/C20H24F2N4O/c21-17-6-7-19(18(22)14-17)24-20(27)23-8-9-25-10-12-26(13-11-25)15-16-4-2-1-3-5-16/h1-7,14H,8-13,15H2,(H2,23,24,27)/p+2. The maximum atomic E-state index is 13.5. The smallest absolute Gasteiger partial charge is 0.319 e. The maximum Gasteiger partial charge on any atom is 0.319 e. The Balaban J connectivity index is 1.33. The molecule has 0 saturated carbocycles. The first kappa shape index (κ1) is 19.3. The molecule has 2 aromatic carbocycles. The summed E-state index contributed by atoms with van der Waals surface area (Å²) in [6, 6.07) is 13.1. The molecule has 1 aliphatic rings. The minimum absolute atomic E-state index is 0.0284. The Labute approximate surface area is 158 Å². The Bertz CT molecular complexity index is 749. The molecule has 0 bridgehead atoms. The monoisotopic (exact) mass is 376 g/mol. The van der Waals surface area contributed by atoms with Gasteiger partial charge in [0, 0.05) is 11.6 Å². The van der Waals surface area contributed by atoms with Crippen molar-refractivity contribution in [3.05, 3.63) is 65.7 Å². The van der Waals surface area contributed by atoms with Crippen molar-refractivity contribution in [2.45, 2.75) is 6.54 Å². The van der Waals surface area contributed by atoms with E-state index < -0.39 is 17.7 Å². The molecule has 0 aromatic heterocycles. The quantitative estimate of drug-likeness (QED) is 0.567. The molecular weight excluding hydrogens is 350 g/mol. The molecule has 1 aliphatic heterocycles. The van der Waals surface area contributed by atoms with Gasteiger partial charge in [0.2, 0.25) is 0 Å². The Kier molecular flexibility index (Phi) is 6.73. The lowest BCUT2D eigenvalue weighted by Crippen LogP contribution is -3.27.